The molecular formula is C21H20BrNO3. The number of hydrogen-bond donors (Lipinski definition) is 1. The van der Waals surface area contributed by atoms with Crippen LogP contribution in [0, 0.1) is 0 Å². The number of nitrogens with zero attached hydrogens (tertiary/aromatic N) is 1. The minimum Gasteiger partial charge on any atom is -0.507 e. The van der Waals surface area contributed by atoms with Gasteiger partial charge in [0.1, 0.15) is 11.5 Å². The van der Waals surface area contributed by atoms with Gasteiger partial charge in [-0.3, -0.25) is 9.69 Å². The maximum atomic E-state index is 12.7. The van der Waals surface area contributed by atoms with Crippen molar-refractivity contribution in [3.05, 3.63) is 63.3 Å². The molecule has 0 aromatic heterocycles. The summed E-state index contributed by atoms with van der Waals surface area (Å²) in [5.74, 6) is 0.853. The Balaban J connectivity index is 1.64. The third-order valence-electron chi connectivity index (χ3n) is 4.91. The fourth-order valence-corrected chi connectivity index (χ4v) is 3.77. The lowest BCUT2D eigenvalue weighted by atomic mass is 10.0. The highest BCUT2D eigenvalue weighted by molar-refractivity contribution is 9.10. The number of Topliss-reactive ketones (excluding diaryl/α,β-unsaturated/α-hetero) is 1. The molecule has 2 heterocycles. The van der Waals surface area contributed by atoms with Crippen LogP contribution >= 0.6 is 15.9 Å². The van der Waals surface area contributed by atoms with Gasteiger partial charge in [0.15, 0.2) is 5.76 Å². The lowest BCUT2D eigenvalue weighted by molar-refractivity contribution is 0.101. The van der Waals surface area contributed by atoms with Gasteiger partial charge >= 0.3 is 0 Å². The smallest absolute Gasteiger partial charge is 0.231 e. The van der Waals surface area contributed by atoms with E-state index in [1.165, 1.54) is 19.3 Å². The number of allylic oxidation sites excluding steroid dienone is 1. The zero-order valence-corrected chi connectivity index (χ0v) is 16.0. The Morgan fingerprint density at radius 2 is 1.81 bits per heavy atom. The molecule has 2 aliphatic heterocycles. The Kier molecular flexibility index (Phi) is 4.83. The monoisotopic (exact) mass is 413 g/mol. The predicted molar refractivity (Wildman–Crippen MR) is 104 cm³/mol. The number of phenolic OH excluding ortho intramolecular Hbond substituents is 1. The summed E-state index contributed by atoms with van der Waals surface area (Å²) in [6, 6.07) is 10.9. The zero-order chi connectivity index (χ0) is 18.1. The molecule has 4 rings (SSSR count). The fraction of sp³-hybridized carbons (Fsp3) is 0.286. The van der Waals surface area contributed by atoms with Crippen LogP contribution in [0.5, 0.6) is 11.5 Å². The van der Waals surface area contributed by atoms with Gasteiger partial charge in [-0.15, -0.1) is 0 Å². The number of halogens is 1. The molecule has 5 heteroatoms. The number of carbonyl (C=O) groups excluding carboxylic acids is 1. The first-order valence-electron chi connectivity index (χ1n) is 8.89. The molecule has 0 amide bonds. The van der Waals surface area contributed by atoms with E-state index in [2.05, 4.69) is 20.8 Å². The number of aromatic hydroxyl groups is 1. The molecule has 26 heavy (non-hydrogen) atoms. The maximum absolute atomic E-state index is 12.7. The summed E-state index contributed by atoms with van der Waals surface area (Å²) < 4.78 is 6.90. The lowest BCUT2D eigenvalue weighted by Crippen LogP contribution is -2.29. The number of hydrogen-bond acceptors (Lipinski definition) is 4. The Labute approximate surface area is 161 Å². The molecule has 0 spiro atoms. The van der Waals surface area contributed by atoms with Gasteiger partial charge in [0.25, 0.3) is 0 Å². The summed E-state index contributed by atoms with van der Waals surface area (Å²) in [4.78, 5) is 15.0. The molecule has 0 saturated carbocycles. The number of benzene rings is 2. The van der Waals surface area contributed by atoms with Crippen LogP contribution in [-0.4, -0.2) is 28.9 Å². The number of ketones is 1. The van der Waals surface area contributed by atoms with Crippen LogP contribution < -0.4 is 4.74 Å². The van der Waals surface area contributed by atoms with Crippen molar-refractivity contribution >= 4 is 27.8 Å². The molecule has 4 nitrogen and oxygen atoms in total. The fourth-order valence-electron chi connectivity index (χ4n) is 3.50. The van der Waals surface area contributed by atoms with E-state index in [1.807, 2.05) is 24.3 Å². The second-order valence-corrected chi connectivity index (χ2v) is 7.68. The SMILES string of the molecule is O=C1/C(=C/c2ccc(Br)cc2)Oc2c1ccc(O)c2CN1CCCCC1. The molecule has 2 aliphatic rings. The number of likely N-dealkylation sites (tertiary alicyclic amines) is 1. The third-order valence-corrected chi connectivity index (χ3v) is 5.44. The van der Waals surface area contributed by atoms with Crippen molar-refractivity contribution in [3.63, 3.8) is 0 Å². The van der Waals surface area contributed by atoms with Gasteiger partial charge in [-0.1, -0.05) is 34.5 Å². The first-order chi connectivity index (χ1) is 12.6. The van der Waals surface area contributed by atoms with Gasteiger partial charge in [-0.2, -0.15) is 0 Å². The Hall–Kier alpha value is -2.11. The molecule has 1 fully saturated rings. The van der Waals surface area contributed by atoms with Gasteiger partial charge in [-0.05, 0) is 61.8 Å². The van der Waals surface area contributed by atoms with Gasteiger partial charge in [0, 0.05) is 11.0 Å². The minimum atomic E-state index is -0.136. The molecule has 2 aromatic rings. The topological polar surface area (TPSA) is 49.8 Å². The van der Waals surface area contributed by atoms with Crippen molar-refractivity contribution < 1.29 is 14.6 Å². The molecule has 2 aromatic carbocycles. The summed E-state index contributed by atoms with van der Waals surface area (Å²) in [7, 11) is 0. The Morgan fingerprint density at radius 3 is 2.54 bits per heavy atom. The van der Waals surface area contributed by atoms with Crippen LogP contribution in [0.1, 0.15) is 40.7 Å². The number of piperidine rings is 1. The van der Waals surface area contributed by atoms with E-state index in [1.54, 1.807) is 18.2 Å². The van der Waals surface area contributed by atoms with E-state index in [0.29, 0.717) is 29.2 Å². The Bertz CT molecular complexity index is 868. The van der Waals surface area contributed by atoms with Gasteiger partial charge < -0.3 is 9.84 Å². The summed E-state index contributed by atoms with van der Waals surface area (Å²) in [5.41, 5.74) is 2.13. The van der Waals surface area contributed by atoms with Gasteiger partial charge in [-0.25, -0.2) is 0 Å². The molecule has 134 valence electrons. The molecule has 1 N–H and O–H groups in total. The van der Waals surface area contributed by atoms with Crippen LogP contribution in [0.2, 0.25) is 0 Å². The first-order valence-corrected chi connectivity index (χ1v) is 9.68. The number of carbonyl (C=O) groups is 1. The molecule has 0 bridgehead atoms. The van der Waals surface area contributed by atoms with Crippen LogP contribution in [0.3, 0.4) is 0 Å². The number of phenols is 1. The maximum Gasteiger partial charge on any atom is 0.231 e. The van der Waals surface area contributed by atoms with Crippen LogP contribution in [0.25, 0.3) is 6.08 Å². The summed E-state index contributed by atoms with van der Waals surface area (Å²) in [6.45, 7) is 2.63. The van der Waals surface area contributed by atoms with Crippen LogP contribution in [0.15, 0.2) is 46.6 Å². The molecule has 0 aliphatic carbocycles. The normalized spacial score (nSPS) is 18.8. The molecular weight excluding hydrogens is 394 g/mol. The second kappa shape index (κ2) is 7.25. The second-order valence-electron chi connectivity index (χ2n) is 6.77. The number of ether oxygens (including phenoxy) is 1. The first kappa shape index (κ1) is 17.3. The highest BCUT2D eigenvalue weighted by Crippen LogP contribution is 2.40. The summed E-state index contributed by atoms with van der Waals surface area (Å²) in [5, 5.41) is 10.4. The van der Waals surface area contributed by atoms with E-state index < -0.39 is 0 Å². The number of rotatable bonds is 3. The van der Waals surface area contributed by atoms with Crippen molar-refractivity contribution in [1.82, 2.24) is 4.90 Å². The van der Waals surface area contributed by atoms with E-state index in [-0.39, 0.29) is 11.5 Å². The van der Waals surface area contributed by atoms with Gasteiger partial charge in [0.05, 0.1) is 11.1 Å². The molecule has 0 radical (unpaired) electrons. The van der Waals surface area contributed by atoms with Crippen molar-refractivity contribution in [2.75, 3.05) is 13.1 Å². The Morgan fingerprint density at radius 1 is 1.08 bits per heavy atom. The van der Waals surface area contributed by atoms with Crippen LogP contribution in [0.4, 0.5) is 0 Å². The molecule has 0 unspecified atom stereocenters. The highest BCUT2D eigenvalue weighted by atomic mass is 79.9. The van der Waals surface area contributed by atoms with Crippen molar-refractivity contribution in [3.8, 4) is 11.5 Å². The quantitative estimate of drug-likeness (QED) is 0.737. The summed E-state index contributed by atoms with van der Waals surface area (Å²) >= 11 is 3.41. The van der Waals surface area contributed by atoms with Crippen molar-refractivity contribution in [2.45, 2.75) is 25.8 Å². The molecule has 0 atom stereocenters. The van der Waals surface area contributed by atoms with Crippen molar-refractivity contribution in [2.24, 2.45) is 0 Å². The third kappa shape index (κ3) is 3.41. The summed E-state index contributed by atoms with van der Waals surface area (Å²) in [6.07, 6.45) is 5.34. The zero-order valence-electron chi connectivity index (χ0n) is 14.4. The highest BCUT2D eigenvalue weighted by Gasteiger charge is 2.31. The standard InChI is InChI=1S/C21H20BrNO3/c22-15-6-4-14(5-7-15)12-19-20(25)16-8-9-18(24)17(21(16)26-19)13-23-10-2-1-3-11-23/h4-9,12,24H,1-3,10-11,13H2/b19-12-. The van der Waals surface area contributed by atoms with E-state index in [4.69, 9.17) is 4.74 Å². The minimum absolute atomic E-state index is 0.136. The molecule has 1 saturated heterocycles. The van der Waals surface area contributed by atoms with Crippen LogP contribution in [-0.2, 0) is 6.54 Å². The van der Waals surface area contributed by atoms with E-state index in [9.17, 15) is 9.90 Å². The largest absolute Gasteiger partial charge is 0.507 e. The predicted octanol–water partition coefficient (Wildman–Crippen LogP) is 4.76. The average Bonchev–Trinajstić information content (AvgIpc) is 2.96. The van der Waals surface area contributed by atoms with Gasteiger partial charge in [0.2, 0.25) is 5.78 Å². The van der Waals surface area contributed by atoms with E-state index >= 15 is 0 Å². The average molecular weight is 414 g/mol. The van der Waals surface area contributed by atoms with E-state index in [0.717, 1.165) is 23.1 Å². The lowest BCUT2D eigenvalue weighted by Gasteiger charge is -2.27. The van der Waals surface area contributed by atoms with Crippen molar-refractivity contribution in [1.29, 1.82) is 0 Å². The number of fused-ring (bicyclic) bond motifs is 1.